The summed E-state index contributed by atoms with van der Waals surface area (Å²) in [5.41, 5.74) is 0.987. The number of carbonyl (C=O) groups is 1. The highest BCUT2D eigenvalue weighted by molar-refractivity contribution is 6.30. The third-order valence-electron chi connectivity index (χ3n) is 4.68. The molecule has 1 aromatic heterocycles. The van der Waals surface area contributed by atoms with E-state index in [1.54, 1.807) is 6.07 Å². The predicted molar refractivity (Wildman–Crippen MR) is 89.2 cm³/mol. The quantitative estimate of drug-likeness (QED) is 0.922. The van der Waals surface area contributed by atoms with Gasteiger partial charge in [0, 0.05) is 36.9 Å². The van der Waals surface area contributed by atoms with Crippen LogP contribution in [0.3, 0.4) is 0 Å². The fourth-order valence-corrected chi connectivity index (χ4v) is 3.61. The van der Waals surface area contributed by atoms with Gasteiger partial charge in [-0.3, -0.25) is 4.79 Å². The van der Waals surface area contributed by atoms with Gasteiger partial charge >= 0.3 is 0 Å². The SMILES string of the molecule is CCc1nnc2n1C[C@@H](NC(=O)[C@H]1Cc3cc(Cl)ccc3O1)CC2. The van der Waals surface area contributed by atoms with Gasteiger partial charge in [-0.15, -0.1) is 10.2 Å². The number of rotatable bonds is 3. The third kappa shape index (κ3) is 2.75. The Kier molecular flexibility index (Phi) is 3.92. The number of nitrogens with zero attached hydrogens (tertiary/aromatic N) is 3. The van der Waals surface area contributed by atoms with Crippen molar-refractivity contribution in [1.29, 1.82) is 0 Å². The van der Waals surface area contributed by atoms with Crippen LogP contribution in [0.2, 0.25) is 5.02 Å². The summed E-state index contributed by atoms with van der Waals surface area (Å²) in [6.07, 6.45) is 2.63. The predicted octanol–water partition coefficient (Wildman–Crippen LogP) is 1.93. The molecular weight excluding hydrogens is 328 g/mol. The summed E-state index contributed by atoms with van der Waals surface area (Å²) < 4.78 is 7.89. The maximum absolute atomic E-state index is 12.6. The first kappa shape index (κ1) is 15.4. The van der Waals surface area contributed by atoms with Crippen LogP contribution in [-0.4, -0.2) is 32.8 Å². The number of amides is 1. The molecular formula is C17H19ClN4O2. The van der Waals surface area contributed by atoms with Crippen LogP contribution in [-0.2, 0) is 30.6 Å². The second-order valence-corrected chi connectivity index (χ2v) is 6.74. The molecule has 126 valence electrons. The van der Waals surface area contributed by atoms with Crippen molar-refractivity contribution in [3.8, 4) is 5.75 Å². The molecule has 2 aromatic rings. The lowest BCUT2D eigenvalue weighted by molar-refractivity contribution is -0.128. The smallest absolute Gasteiger partial charge is 0.261 e. The molecule has 1 amide bonds. The number of benzene rings is 1. The average molecular weight is 347 g/mol. The zero-order valence-electron chi connectivity index (χ0n) is 13.5. The second-order valence-electron chi connectivity index (χ2n) is 6.30. The Balaban J connectivity index is 1.41. The van der Waals surface area contributed by atoms with Crippen LogP contribution in [0.25, 0.3) is 0 Å². The van der Waals surface area contributed by atoms with E-state index in [9.17, 15) is 4.79 Å². The molecule has 0 unspecified atom stereocenters. The van der Waals surface area contributed by atoms with Gasteiger partial charge in [0.25, 0.3) is 5.91 Å². The van der Waals surface area contributed by atoms with E-state index in [2.05, 4.69) is 27.0 Å². The van der Waals surface area contributed by atoms with Gasteiger partial charge in [0.05, 0.1) is 0 Å². The normalized spacial score (nSPS) is 21.8. The molecule has 0 bridgehead atoms. The minimum Gasteiger partial charge on any atom is -0.480 e. The van der Waals surface area contributed by atoms with Gasteiger partial charge in [0.1, 0.15) is 17.4 Å². The first-order chi connectivity index (χ1) is 11.6. The lowest BCUT2D eigenvalue weighted by Crippen LogP contribution is -2.46. The van der Waals surface area contributed by atoms with Crippen molar-refractivity contribution in [2.75, 3.05) is 0 Å². The maximum atomic E-state index is 12.6. The number of aryl methyl sites for hydroxylation is 2. The standard InChI is InChI=1S/C17H19ClN4O2/c1-2-15-20-21-16-6-4-12(9-22(15)16)19-17(23)14-8-10-7-11(18)3-5-13(10)24-14/h3,5,7,12,14H,2,4,6,8-9H2,1H3,(H,19,23)/t12-,14+/m0/s1. The Labute approximate surface area is 145 Å². The maximum Gasteiger partial charge on any atom is 0.261 e. The third-order valence-corrected chi connectivity index (χ3v) is 4.91. The van der Waals surface area contributed by atoms with E-state index in [4.69, 9.17) is 16.3 Å². The van der Waals surface area contributed by atoms with Crippen LogP contribution >= 0.6 is 11.6 Å². The molecule has 0 fully saturated rings. The number of carbonyl (C=O) groups excluding carboxylic acids is 1. The Hall–Kier alpha value is -2.08. The van der Waals surface area contributed by atoms with Gasteiger partial charge in [-0.2, -0.15) is 0 Å². The van der Waals surface area contributed by atoms with E-state index in [0.29, 0.717) is 11.4 Å². The van der Waals surface area contributed by atoms with Crippen molar-refractivity contribution in [3.05, 3.63) is 40.4 Å². The summed E-state index contributed by atoms with van der Waals surface area (Å²) >= 11 is 6.00. The Morgan fingerprint density at radius 2 is 2.33 bits per heavy atom. The molecule has 0 aliphatic carbocycles. The molecule has 7 heteroatoms. The molecule has 1 N–H and O–H groups in total. The summed E-state index contributed by atoms with van der Waals surface area (Å²) in [6.45, 7) is 2.79. The fraction of sp³-hybridized carbons (Fsp3) is 0.471. The highest BCUT2D eigenvalue weighted by atomic mass is 35.5. The number of hydrogen-bond acceptors (Lipinski definition) is 4. The van der Waals surface area contributed by atoms with Crippen LogP contribution in [0.15, 0.2) is 18.2 Å². The molecule has 0 saturated carbocycles. The largest absolute Gasteiger partial charge is 0.480 e. The summed E-state index contributed by atoms with van der Waals surface area (Å²) in [5.74, 6) is 2.67. The first-order valence-electron chi connectivity index (χ1n) is 8.30. The molecule has 0 spiro atoms. The number of nitrogens with one attached hydrogen (secondary N) is 1. The van der Waals surface area contributed by atoms with E-state index in [-0.39, 0.29) is 11.9 Å². The van der Waals surface area contributed by atoms with Gasteiger partial charge in [0.2, 0.25) is 0 Å². The molecule has 1 aromatic carbocycles. The molecule has 0 radical (unpaired) electrons. The van der Waals surface area contributed by atoms with Gasteiger partial charge in [-0.1, -0.05) is 18.5 Å². The van der Waals surface area contributed by atoms with Gasteiger partial charge in [-0.25, -0.2) is 0 Å². The highest BCUT2D eigenvalue weighted by Crippen LogP contribution is 2.31. The van der Waals surface area contributed by atoms with Gasteiger partial charge in [-0.05, 0) is 30.2 Å². The topological polar surface area (TPSA) is 69.0 Å². The van der Waals surface area contributed by atoms with Crippen molar-refractivity contribution >= 4 is 17.5 Å². The van der Waals surface area contributed by atoms with Gasteiger partial charge < -0.3 is 14.6 Å². The Morgan fingerprint density at radius 3 is 3.17 bits per heavy atom. The van der Waals surface area contributed by atoms with Crippen molar-refractivity contribution in [3.63, 3.8) is 0 Å². The number of ether oxygens (including phenoxy) is 1. The monoisotopic (exact) mass is 346 g/mol. The molecule has 3 heterocycles. The number of fused-ring (bicyclic) bond motifs is 2. The number of halogens is 1. The van der Waals surface area contributed by atoms with Crippen LogP contribution in [0.4, 0.5) is 0 Å². The van der Waals surface area contributed by atoms with Crippen molar-refractivity contribution < 1.29 is 9.53 Å². The Bertz CT molecular complexity index is 775. The highest BCUT2D eigenvalue weighted by Gasteiger charge is 2.32. The molecule has 2 aliphatic rings. The second kappa shape index (κ2) is 6.09. The molecule has 24 heavy (non-hydrogen) atoms. The Morgan fingerprint density at radius 1 is 1.46 bits per heavy atom. The summed E-state index contributed by atoms with van der Waals surface area (Å²) in [6, 6.07) is 5.55. The van der Waals surface area contributed by atoms with Crippen molar-refractivity contribution in [2.24, 2.45) is 0 Å². The van der Waals surface area contributed by atoms with E-state index in [0.717, 1.165) is 48.8 Å². The average Bonchev–Trinajstić information content (AvgIpc) is 3.17. The molecule has 0 saturated heterocycles. The molecule has 4 rings (SSSR count). The van der Waals surface area contributed by atoms with Crippen molar-refractivity contribution in [2.45, 2.75) is 51.3 Å². The van der Waals surface area contributed by atoms with Crippen LogP contribution in [0, 0.1) is 0 Å². The zero-order chi connectivity index (χ0) is 16.7. The number of hydrogen-bond donors (Lipinski definition) is 1. The zero-order valence-corrected chi connectivity index (χ0v) is 14.2. The van der Waals surface area contributed by atoms with Crippen LogP contribution < -0.4 is 10.1 Å². The minimum absolute atomic E-state index is 0.0677. The van der Waals surface area contributed by atoms with E-state index in [1.807, 2.05) is 12.1 Å². The fourth-order valence-electron chi connectivity index (χ4n) is 3.42. The van der Waals surface area contributed by atoms with E-state index >= 15 is 0 Å². The van der Waals surface area contributed by atoms with Gasteiger partial charge in [0.15, 0.2) is 6.10 Å². The lowest BCUT2D eigenvalue weighted by Gasteiger charge is -2.26. The molecule has 2 aliphatic heterocycles. The number of aromatic nitrogens is 3. The minimum atomic E-state index is -0.480. The van der Waals surface area contributed by atoms with E-state index < -0.39 is 6.10 Å². The summed E-state index contributed by atoms with van der Waals surface area (Å²) in [4.78, 5) is 12.6. The molecule has 6 nitrogen and oxygen atoms in total. The van der Waals surface area contributed by atoms with Crippen LogP contribution in [0.5, 0.6) is 5.75 Å². The van der Waals surface area contributed by atoms with Crippen LogP contribution in [0.1, 0.15) is 30.6 Å². The lowest BCUT2D eigenvalue weighted by atomic mass is 10.1. The first-order valence-corrected chi connectivity index (χ1v) is 8.68. The van der Waals surface area contributed by atoms with Crippen molar-refractivity contribution in [1.82, 2.24) is 20.1 Å². The molecule has 2 atom stereocenters. The summed E-state index contributed by atoms with van der Waals surface area (Å²) in [5, 5.41) is 12.2. The van der Waals surface area contributed by atoms with E-state index in [1.165, 1.54) is 0 Å². The summed E-state index contributed by atoms with van der Waals surface area (Å²) in [7, 11) is 0.